The molecule has 0 aromatic heterocycles. The lowest BCUT2D eigenvalue weighted by Crippen LogP contribution is -2.30. The third-order valence-electron chi connectivity index (χ3n) is 20.0. The molecular formula is C85H166O17P2. The van der Waals surface area contributed by atoms with Gasteiger partial charge in [0.2, 0.25) is 0 Å². The molecule has 618 valence electrons. The fraction of sp³-hybridized carbons (Fsp3) is 0.953. The van der Waals surface area contributed by atoms with Crippen LogP contribution in [0.3, 0.4) is 0 Å². The number of unbranched alkanes of at least 4 members (excludes halogenated alkanes) is 54. The van der Waals surface area contributed by atoms with Crippen LogP contribution in [0.2, 0.25) is 0 Å². The highest BCUT2D eigenvalue weighted by molar-refractivity contribution is 7.47. The molecule has 0 radical (unpaired) electrons. The first-order valence-electron chi connectivity index (χ1n) is 44.0. The Bertz CT molecular complexity index is 1990. The minimum atomic E-state index is -4.96. The van der Waals surface area contributed by atoms with Gasteiger partial charge in [-0.2, -0.15) is 0 Å². The van der Waals surface area contributed by atoms with Crippen LogP contribution in [-0.4, -0.2) is 96.7 Å². The Morgan fingerprint density at radius 1 is 0.260 bits per heavy atom. The summed E-state index contributed by atoms with van der Waals surface area (Å²) in [6.45, 7) is 9.71. The lowest BCUT2D eigenvalue weighted by atomic mass is 10.0. The number of aliphatic hydroxyl groups is 1. The summed E-state index contributed by atoms with van der Waals surface area (Å²) in [6, 6.07) is 0. The molecule has 0 aromatic carbocycles. The van der Waals surface area contributed by atoms with Gasteiger partial charge in [0.25, 0.3) is 0 Å². The highest BCUT2D eigenvalue weighted by Crippen LogP contribution is 2.45. The SMILES string of the molecule is CCCCCCCCCCCCCCCCC(=O)O[C@H](COC(=O)CCCCCCCCCC)COP(=O)(O)OC[C@H](O)COP(=O)(O)OC[C@@H](COC(=O)CCCCCCCCCCCCCCCCCCCCC(C)C)OC(=O)CCCCCCCCCCCCCCCCCCCCC(C)C. The Morgan fingerprint density at radius 2 is 0.442 bits per heavy atom. The van der Waals surface area contributed by atoms with E-state index in [4.69, 9.17) is 37.0 Å². The second kappa shape index (κ2) is 76.4. The number of esters is 4. The minimum Gasteiger partial charge on any atom is -0.462 e. The van der Waals surface area contributed by atoms with Crippen molar-refractivity contribution in [2.24, 2.45) is 11.8 Å². The molecule has 0 fully saturated rings. The lowest BCUT2D eigenvalue weighted by molar-refractivity contribution is -0.161. The van der Waals surface area contributed by atoms with Crippen molar-refractivity contribution in [3.8, 4) is 0 Å². The van der Waals surface area contributed by atoms with Crippen LogP contribution in [0.15, 0.2) is 0 Å². The Kier molecular flexibility index (Phi) is 75.0. The van der Waals surface area contributed by atoms with Crippen LogP contribution in [0.5, 0.6) is 0 Å². The molecule has 3 N–H and O–H groups in total. The average Bonchev–Trinajstić information content (AvgIpc) is 0.913. The smallest absolute Gasteiger partial charge is 0.462 e. The second-order valence-corrected chi connectivity index (χ2v) is 34.4. The van der Waals surface area contributed by atoms with E-state index in [0.717, 1.165) is 108 Å². The van der Waals surface area contributed by atoms with E-state index in [0.29, 0.717) is 25.7 Å². The number of phosphoric ester groups is 2. The van der Waals surface area contributed by atoms with Gasteiger partial charge in [0, 0.05) is 25.7 Å². The third kappa shape index (κ3) is 78.2. The molecule has 104 heavy (non-hydrogen) atoms. The Labute approximate surface area is 638 Å². The molecule has 0 saturated heterocycles. The van der Waals surface area contributed by atoms with Gasteiger partial charge in [0.15, 0.2) is 12.2 Å². The maximum absolute atomic E-state index is 13.1. The molecular weight excluding hydrogens is 1350 g/mol. The van der Waals surface area contributed by atoms with Crippen LogP contribution >= 0.6 is 15.6 Å². The summed E-state index contributed by atoms with van der Waals surface area (Å²) in [5.74, 6) is -0.462. The van der Waals surface area contributed by atoms with Crippen LogP contribution < -0.4 is 0 Å². The van der Waals surface area contributed by atoms with Gasteiger partial charge in [-0.1, -0.05) is 401 Å². The van der Waals surface area contributed by atoms with Crippen molar-refractivity contribution in [2.75, 3.05) is 39.6 Å². The van der Waals surface area contributed by atoms with Crippen molar-refractivity contribution < 1.29 is 80.2 Å². The summed E-state index contributed by atoms with van der Waals surface area (Å²) in [6.07, 6.45) is 68.2. The van der Waals surface area contributed by atoms with Gasteiger partial charge in [-0.25, -0.2) is 9.13 Å². The van der Waals surface area contributed by atoms with E-state index in [1.807, 2.05) is 0 Å². The molecule has 2 unspecified atom stereocenters. The predicted molar refractivity (Wildman–Crippen MR) is 428 cm³/mol. The van der Waals surface area contributed by atoms with Crippen molar-refractivity contribution in [3.63, 3.8) is 0 Å². The summed E-state index contributed by atoms with van der Waals surface area (Å²) in [5, 5.41) is 10.7. The van der Waals surface area contributed by atoms with Gasteiger partial charge in [0.05, 0.1) is 26.4 Å². The second-order valence-electron chi connectivity index (χ2n) is 31.5. The molecule has 0 heterocycles. The zero-order valence-corrected chi connectivity index (χ0v) is 70.1. The van der Waals surface area contributed by atoms with E-state index in [2.05, 4.69) is 41.5 Å². The number of carbonyl (C=O) groups is 4. The summed E-state index contributed by atoms with van der Waals surface area (Å²) >= 11 is 0. The lowest BCUT2D eigenvalue weighted by Gasteiger charge is -2.21. The third-order valence-corrected chi connectivity index (χ3v) is 21.9. The summed E-state index contributed by atoms with van der Waals surface area (Å²) in [7, 11) is -9.92. The van der Waals surface area contributed by atoms with Gasteiger partial charge < -0.3 is 33.8 Å². The molecule has 19 heteroatoms. The number of hydrogen-bond acceptors (Lipinski definition) is 15. The first-order valence-corrected chi connectivity index (χ1v) is 47.0. The molecule has 0 rings (SSSR count). The quantitative estimate of drug-likeness (QED) is 0.0222. The van der Waals surface area contributed by atoms with Gasteiger partial charge in [-0.05, 0) is 37.5 Å². The fourth-order valence-electron chi connectivity index (χ4n) is 13.2. The van der Waals surface area contributed by atoms with Crippen LogP contribution in [-0.2, 0) is 65.4 Å². The number of ether oxygens (including phenoxy) is 4. The van der Waals surface area contributed by atoms with Crippen molar-refractivity contribution in [2.45, 2.75) is 471 Å². The van der Waals surface area contributed by atoms with Crippen molar-refractivity contribution in [1.29, 1.82) is 0 Å². The monoisotopic (exact) mass is 1520 g/mol. The Hall–Kier alpha value is -1.94. The largest absolute Gasteiger partial charge is 0.472 e. The van der Waals surface area contributed by atoms with Crippen molar-refractivity contribution >= 4 is 39.5 Å². The standard InChI is InChI=1S/C85H166O17P2/c1-7-9-11-13-15-17-18-19-34-40-45-51-57-63-69-84(89)101-80(73-95-82(87)67-61-55-49-16-14-12-10-8-2)75-99-103(91,92)97-71-79(86)72-98-104(93,94)100-76-81(102-85(90)70-64-58-52-46-41-36-31-27-23-21-25-29-33-38-43-48-54-60-66-78(5)6)74-96-83(88)68-62-56-50-44-39-35-30-26-22-20-24-28-32-37-42-47-53-59-65-77(3)4/h77-81,86H,7-76H2,1-6H3,(H,91,92)(H,93,94)/t79-,80+,81+/m0/s1. The van der Waals surface area contributed by atoms with E-state index >= 15 is 0 Å². The summed E-state index contributed by atoms with van der Waals surface area (Å²) in [5.41, 5.74) is 0. The highest BCUT2D eigenvalue weighted by Gasteiger charge is 2.30. The minimum absolute atomic E-state index is 0.108. The van der Waals surface area contributed by atoms with E-state index in [-0.39, 0.29) is 25.7 Å². The average molecular weight is 1520 g/mol. The van der Waals surface area contributed by atoms with Crippen LogP contribution in [0.4, 0.5) is 0 Å². The predicted octanol–water partition coefficient (Wildman–Crippen LogP) is 25.8. The molecule has 17 nitrogen and oxygen atoms in total. The Morgan fingerprint density at radius 3 is 0.654 bits per heavy atom. The van der Waals surface area contributed by atoms with Gasteiger partial charge in [-0.3, -0.25) is 37.3 Å². The molecule has 5 atom stereocenters. The molecule has 0 aliphatic carbocycles. The molecule has 0 aliphatic rings. The number of aliphatic hydroxyl groups excluding tert-OH is 1. The van der Waals surface area contributed by atoms with Crippen molar-refractivity contribution in [1.82, 2.24) is 0 Å². The molecule has 0 bridgehead atoms. The first kappa shape index (κ1) is 102. The van der Waals surface area contributed by atoms with E-state index in [1.54, 1.807) is 0 Å². The molecule has 0 aliphatic heterocycles. The van der Waals surface area contributed by atoms with E-state index < -0.39 is 97.5 Å². The van der Waals surface area contributed by atoms with Gasteiger partial charge in [-0.15, -0.1) is 0 Å². The first-order chi connectivity index (χ1) is 50.4. The molecule has 0 aromatic rings. The van der Waals surface area contributed by atoms with E-state index in [9.17, 15) is 43.2 Å². The number of carbonyl (C=O) groups excluding carboxylic acids is 4. The maximum Gasteiger partial charge on any atom is 0.472 e. The normalized spacial score (nSPS) is 13.8. The molecule has 0 spiro atoms. The zero-order valence-electron chi connectivity index (χ0n) is 68.3. The topological polar surface area (TPSA) is 237 Å². The number of hydrogen-bond donors (Lipinski definition) is 3. The van der Waals surface area contributed by atoms with E-state index in [1.165, 1.54) is 263 Å². The van der Waals surface area contributed by atoms with Gasteiger partial charge >= 0.3 is 39.5 Å². The van der Waals surface area contributed by atoms with Gasteiger partial charge in [0.1, 0.15) is 19.3 Å². The van der Waals surface area contributed by atoms with Crippen molar-refractivity contribution in [3.05, 3.63) is 0 Å². The molecule has 0 saturated carbocycles. The maximum atomic E-state index is 13.1. The van der Waals surface area contributed by atoms with Crippen LogP contribution in [0, 0.1) is 11.8 Å². The van der Waals surface area contributed by atoms with Crippen LogP contribution in [0.25, 0.3) is 0 Å². The number of rotatable bonds is 84. The van der Waals surface area contributed by atoms with Crippen LogP contribution in [0.1, 0.15) is 452 Å². The highest BCUT2D eigenvalue weighted by atomic mass is 31.2. The molecule has 0 amide bonds. The fourth-order valence-corrected chi connectivity index (χ4v) is 14.8. The summed E-state index contributed by atoms with van der Waals surface area (Å²) in [4.78, 5) is 73.0. The zero-order chi connectivity index (χ0) is 76.4. The Balaban J connectivity index is 5.17. The number of phosphoric acid groups is 2. The summed E-state index contributed by atoms with van der Waals surface area (Å²) < 4.78 is 68.8.